The number of aromatic nitrogens is 3. The monoisotopic (exact) mass is 245 g/mol. The van der Waals surface area contributed by atoms with E-state index in [2.05, 4.69) is 10.1 Å². The highest BCUT2D eigenvalue weighted by Gasteiger charge is 2.13. The number of thiazole rings is 1. The summed E-state index contributed by atoms with van der Waals surface area (Å²) in [5, 5.41) is 13.1. The van der Waals surface area contributed by atoms with E-state index in [9.17, 15) is 4.79 Å². The van der Waals surface area contributed by atoms with Crippen LogP contribution in [-0.2, 0) is 0 Å². The van der Waals surface area contributed by atoms with E-state index in [0.29, 0.717) is 0 Å². The van der Waals surface area contributed by atoms with Crippen molar-refractivity contribution in [1.82, 2.24) is 14.6 Å². The Kier molecular flexibility index (Phi) is 2.15. The zero-order valence-electron chi connectivity index (χ0n) is 8.57. The van der Waals surface area contributed by atoms with Gasteiger partial charge >= 0.3 is 5.97 Å². The predicted molar refractivity (Wildman–Crippen MR) is 63.3 cm³/mol. The first-order valence-electron chi connectivity index (χ1n) is 4.87. The van der Waals surface area contributed by atoms with Gasteiger partial charge in [0.15, 0.2) is 0 Å². The standard InChI is InChI=1S/C11H7N3O2S/c15-11(16)10-12-6-9(17-10)7-5-13-14-4-2-1-3-8(7)14/h1-6H,(H,15,16). The topological polar surface area (TPSA) is 67.5 Å². The third kappa shape index (κ3) is 1.58. The lowest BCUT2D eigenvalue weighted by molar-refractivity contribution is 0.0696. The Morgan fingerprint density at radius 2 is 2.24 bits per heavy atom. The van der Waals surface area contributed by atoms with Crippen molar-refractivity contribution in [2.24, 2.45) is 0 Å². The molecule has 0 saturated carbocycles. The fraction of sp³-hybridized carbons (Fsp3) is 0. The number of carboxylic acids is 1. The Labute approximate surface area is 100.0 Å². The lowest BCUT2D eigenvalue weighted by Gasteiger charge is -1.93. The van der Waals surface area contributed by atoms with Crippen LogP contribution in [0.3, 0.4) is 0 Å². The van der Waals surface area contributed by atoms with Crippen LogP contribution in [0.15, 0.2) is 36.8 Å². The van der Waals surface area contributed by atoms with Gasteiger partial charge in [-0.25, -0.2) is 14.3 Å². The SMILES string of the molecule is O=C(O)c1ncc(-c2cnn3ccccc23)s1. The van der Waals surface area contributed by atoms with Crippen molar-refractivity contribution in [2.75, 3.05) is 0 Å². The van der Waals surface area contributed by atoms with E-state index in [1.165, 1.54) is 0 Å². The van der Waals surface area contributed by atoms with Crippen LogP contribution < -0.4 is 0 Å². The average Bonchev–Trinajstić information content (AvgIpc) is 2.95. The van der Waals surface area contributed by atoms with Crippen LogP contribution in [0, 0.1) is 0 Å². The van der Waals surface area contributed by atoms with E-state index in [4.69, 9.17) is 5.11 Å². The summed E-state index contributed by atoms with van der Waals surface area (Å²) in [6, 6.07) is 5.74. The molecule has 3 rings (SSSR count). The van der Waals surface area contributed by atoms with E-state index in [1.54, 1.807) is 16.9 Å². The van der Waals surface area contributed by atoms with Crippen LogP contribution in [0.1, 0.15) is 9.80 Å². The molecular formula is C11H7N3O2S. The molecule has 0 aliphatic heterocycles. The molecular weight excluding hydrogens is 238 g/mol. The summed E-state index contributed by atoms with van der Waals surface area (Å²) in [6.45, 7) is 0. The number of hydrogen-bond acceptors (Lipinski definition) is 4. The molecule has 1 N–H and O–H groups in total. The Balaban J connectivity index is 2.17. The fourth-order valence-electron chi connectivity index (χ4n) is 1.62. The Hall–Kier alpha value is -2.21. The second-order valence-electron chi connectivity index (χ2n) is 3.42. The normalized spacial score (nSPS) is 10.8. The highest BCUT2D eigenvalue weighted by atomic mass is 32.1. The first kappa shape index (κ1) is 9.98. The summed E-state index contributed by atoms with van der Waals surface area (Å²) in [7, 11) is 0. The first-order chi connectivity index (χ1) is 8.25. The third-order valence-corrected chi connectivity index (χ3v) is 3.40. The maximum atomic E-state index is 10.8. The van der Waals surface area contributed by atoms with Gasteiger partial charge < -0.3 is 5.11 Å². The predicted octanol–water partition coefficient (Wildman–Crippen LogP) is 2.16. The van der Waals surface area contributed by atoms with Gasteiger partial charge in [-0.1, -0.05) is 6.07 Å². The van der Waals surface area contributed by atoms with E-state index in [0.717, 1.165) is 27.3 Å². The van der Waals surface area contributed by atoms with Gasteiger partial charge in [0.25, 0.3) is 0 Å². The molecule has 0 spiro atoms. The van der Waals surface area contributed by atoms with Crippen molar-refractivity contribution in [2.45, 2.75) is 0 Å². The summed E-state index contributed by atoms with van der Waals surface area (Å²) in [4.78, 5) is 15.4. The van der Waals surface area contributed by atoms with Gasteiger partial charge in [0.1, 0.15) is 0 Å². The minimum atomic E-state index is -1.00. The Bertz CT molecular complexity index is 701. The number of pyridine rings is 1. The number of rotatable bonds is 2. The number of carbonyl (C=O) groups is 1. The molecule has 3 heterocycles. The number of carboxylic acid groups (broad SMARTS) is 1. The first-order valence-corrected chi connectivity index (χ1v) is 5.69. The quantitative estimate of drug-likeness (QED) is 0.751. The molecule has 0 saturated heterocycles. The molecule has 3 aromatic rings. The summed E-state index contributed by atoms with van der Waals surface area (Å²) in [6.07, 6.45) is 5.13. The molecule has 5 nitrogen and oxygen atoms in total. The summed E-state index contributed by atoms with van der Waals surface area (Å²) in [5.74, 6) is -1.00. The number of aromatic carboxylic acids is 1. The molecule has 0 atom stereocenters. The second kappa shape index (κ2) is 3.67. The maximum absolute atomic E-state index is 10.8. The Morgan fingerprint density at radius 3 is 3.00 bits per heavy atom. The third-order valence-electron chi connectivity index (χ3n) is 2.38. The van der Waals surface area contributed by atoms with Crippen molar-refractivity contribution in [1.29, 1.82) is 0 Å². The van der Waals surface area contributed by atoms with Crippen LogP contribution in [0.2, 0.25) is 0 Å². The van der Waals surface area contributed by atoms with Gasteiger partial charge in [-0.05, 0) is 12.1 Å². The van der Waals surface area contributed by atoms with E-state index in [1.807, 2.05) is 24.4 Å². The van der Waals surface area contributed by atoms with Gasteiger partial charge in [-0.3, -0.25) is 0 Å². The molecule has 17 heavy (non-hydrogen) atoms. The van der Waals surface area contributed by atoms with Crippen molar-refractivity contribution < 1.29 is 9.90 Å². The van der Waals surface area contributed by atoms with Gasteiger partial charge in [0.2, 0.25) is 5.01 Å². The van der Waals surface area contributed by atoms with Crippen LogP contribution >= 0.6 is 11.3 Å². The minimum absolute atomic E-state index is 0.0929. The molecule has 6 heteroatoms. The Morgan fingerprint density at radius 1 is 1.35 bits per heavy atom. The van der Waals surface area contributed by atoms with Gasteiger partial charge in [0, 0.05) is 18.0 Å². The number of nitrogens with zero attached hydrogens (tertiary/aromatic N) is 3. The average molecular weight is 245 g/mol. The molecule has 0 aliphatic rings. The van der Waals surface area contributed by atoms with Crippen LogP contribution in [0.4, 0.5) is 0 Å². The smallest absolute Gasteiger partial charge is 0.365 e. The zero-order chi connectivity index (χ0) is 11.8. The highest BCUT2D eigenvalue weighted by molar-refractivity contribution is 7.16. The van der Waals surface area contributed by atoms with Gasteiger partial charge in [-0.15, -0.1) is 11.3 Å². The molecule has 0 fully saturated rings. The summed E-state index contributed by atoms with van der Waals surface area (Å²) in [5.41, 5.74) is 1.84. The second-order valence-corrected chi connectivity index (χ2v) is 4.45. The molecule has 0 aromatic carbocycles. The highest BCUT2D eigenvalue weighted by Crippen LogP contribution is 2.29. The molecule has 0 bridgehead atoms. The minimum Gasteiger partial charge on any atom is -0.476 e. The molecule has 0 radical (unpaired) electrons. The molecule has 3 aromatic heterocycles. The van der Waals surface area contributed by atoms with E-state index >= 15 is 0 Å². The molecule has 0 aliphatic carbocycles. The molecule has 0 unspecified atom stereocenters. The van der Waals surface area contributed by atoms with Gasteiger partial charge in [0.05, 0.1) is 16.6 Å². The van der Waals surface area contributed by atoms with Gasteiger partial charge in [-0.2, -0.15) is 5.10 Å². The van der Waals surface area contributed by atoms with E-state index < -0.39 is 5.97 Å². The molecule has 84 valence electrons. The van der Waals surface area contributed by atoms with Crippen LogP contribution in [-0.4, -0.2) is 25.7 Å². The van der Waals surface area contributed by atoms with Crippen molar-refractivity contribution in [3.8, 4) is 10.4 Å². The lowest BCUT2D eigenvalue weighted by atomic mass is 10.2. The van der Waals surface area contributed by atoms with Crippen molar-refractivity contribution in [3.05, 3.63) is 41.8 Å². The summed E-state index contributed by atoms with van der Waals surface area (Å²) >= 11 is 1.15. The zero-order valence-corrected chi connectivity index (χ0v) is 9.39. The van der Waals surface area contributed by atoms with Crippen molar-refractivity contribution >= 4 is 22.8 Å². The number of fused-ring (bicyclic) bond motifs is 1. The van der Waals surface area contributed by atoms with Crippen molar-refractivity contribution in [3.63, 3.8) is 0 Å². The number of hydrogen-bond donors (Lipinski definition) is 1. The summed E-state index contributed by atoms with van der Waals surface area (Å²) < 4.78 is 1.75. The fourth-order valence-corrected chi connectivity index (χ4v) is 2.40. The largest absolute Gasteiger partial charge is 0.476 e. The van der Waals surface area contributed by atoms with Crippen LogP contribution in [0.5, 0.6) is 0 Å². The lowest BCUT2D eigenvalue weighted by Crippen LogP contribution is -1.92. The molecule has 0 amide bonds. The maximum Gasteiger partial charge on any atom is 0.365 e. The van der Waals surface area contributed by atoms with E-state index in [-0.39, 0.29) is 5.01 Å². The van der Waals surface area contributed by atoms with Crippen LogP contribution in [0.25, 0.3) is 16.0 Å².